The van der Waals surface area contributed by atoms with Crippen molar-refractivity contribution in [2.24, 2.45) is 17.8 Å². The van der Waals surface area contributed by atoms with Gasteiger partial charge >= 0.3 is 0 Å². The Morgan fingerprint density at radius 3 is 2.32 bits per heavy atom. The molecule has 34 heavy (non-hydrogen) atoms. The number of carbonyl (C=O) groups excluding carboxylic acids is 4. The van der Waals surface area contributed by atoms with E-state index in [1.54, 1.807) is 6.92 Å². The summed E-state index contributed by atoms with van der Waals surface area (Å²) in [6, 6.07) is 3.73. The molecule has 6 heteroatoms. The van der Waals surface area contributed by atoms with Crippen molar-refractivity contribution in [3.8, 4) is 5.75 Å². The van der Waals surface area contributed by atoms with Crippen molar-refractivity contribution in [3.63, 3.8) is 0 Å². The molecule has 1 N–H and O–H groups in total. The number of hydrogen-bond donors (Lipinski definition) is 1. The second kappa shape index (κ2) is 7.90. The molecule has 3 aliphatic carbocycles. The van der Waals surface area contributed by atoms with Crippen LogP contribution in [0.15, 0.2) is 46.6 Å². The summed E-state index contributed by atoms with van der Waals surface area (Å²) in [6.07, 6.45) is 4.87. The molecule has 2 amide bonds. The molecule has 0 spiro atoms. The van der Waals surface area contributed by atoms with Crippen LogP contribution in [-0.2, 0) is 19.2 Å². The Labute approximate surface area is 199 Å². The molecule has 0 saturated carbocycles. The number of ketones is 2. The molecule has 1 heterocycles. The third kappa shape index (κ3) is 3.07. The van der Waals surface area contributed by atoms with E-state index in [0.717, 1.165) is 11.1 Å². The summed E-state index contributed by atoms with van der Waals surface area (Å²) in [7, 11) is 0. The average Bonchev–Trinajstić information content (AvgIpc) is 3.04. The first kappa shape index (κ1) is 22.5. The van der Waals surface area contributed by atoms with Gasteiger partial charge in [-0.15, -0.1) is 0 Å². The molecular weight excluding hydrogens is 430 g/mol. The van der Waals surface area contributed by atoms with Gasteiger partial charge in [0.1, 0.15) is 5.75 Å². The first-order chi connectivity index (χ1) is 16.1. The molecule has 0 bridgehead atoms. The predicted octanol–water partition coefficient (Wildman–Crippen LogP) is 3.85. The van der Waals surface area contributed by atoms with E-state index in [2.05, 4.69) is 0 Å². The highest BCUT2D eigenvalue weighted by Gasteiger charge is 2.56. The first-order valence-corrected chi connectivity index (χ1v) is 12.0. The van der Waals surface area contributed by atoms with Gasteiger partial charge < -0.3 is 5.11 Å². The Bertz CT molecular complexity index is 1240. The molecule has 176 valence electrons. The van der Waals surface area contributed by atoms with E-state index in [1.165, 1.54) is 11.0 Å². The predicted molar refractivity (Wildman–Crippen MR) is 126 cm³/mol. The van der Waals surface area contributed by atoms with Crippen LogP contribution in [0, 0.1) is 31.6 Å². The highest BCUT2D eigenvalue weighted by atomic mass is 16.3. The highest BCUT2D eigenvalue weighted by molar-refractivity contribution is 6.23. The van der Waals surface area contributed by atoms with Crippen LogP contribution in [0.25, 0.3) is 0 Å². The third-order valence-electron chi connectivity index (χ3n) is 7.95. The Balaban J connectivity index is 1.70. The molecule has 0 unspecified atom stereocenters. The standard InChI is InChI=1S/C28H29NO5/c1-5-8-29-27(33)18-7-6-17-19(23(18)28(29)34)12-20-21(30)11-15(4)26(32)24(20)22(17)16-9-13(2)25(31)14(3)10-16/h6,9-11,18-19,22-23,31H,5,7-8,12H2,1-4H3/t18-,19+,22-,23-/m0/s1. The van der Waals surface area contributed by atoms with E-state index in [1.807, 2.05) is 39.0 Å². The van der Waals surface area contributed by atoms with E-state index in [-0.39, 0.29) is 35.0 Å². The van der Waals surface area contributed by atoms with E-state index in [0.29, 0.717) is 53.7 Å². The van der Waals surface area contributed by atoms with Crippen LogP contribution in [0.1, 0.15) is 55.7 Å². The number of imide groups is 1. The van der Waals surface area contributed by atoms with Crippen molar-refractivity contribution in [1.82, 2.24) is 4.90 Å². The minimum absolute atomic E-state index is 0.124. The molecule has 4 atom stereocenters. The number of likely N-dealkylation sites (tertiary alicyclic amines) is 1. The minimum Gasteiger partial charge on any atom is -0.507 e. The molecule has 1 aromatic rings. The van der Waals surface area contributed by atoms with E-state index >= 15 is 0 Å². The number of aryl methyl sites for hydroxylation is 2. The van der Waals surface area contributed by atoms with Crippen molar-refractivity contribution < 1.29 is 24.3 Å². The van der Waals surface area contributed by atoms with Crippen molar-refractivity contribution >= 4 is 23.4 Å². The molecule has 0 radical (unpaired) electrons. The zero-order chi connectivity index (χ0) is 24.5. The van der Waals surface area contributed by atoms with Crippen LogP contribution in [0.2, 0.25) is 0 Å². The number of Topliss-reactive ketones (excluding diaryl/α,β-unsaturated/α-hetero) is 1. The fourth-order valence-corrected chi connectivity index (χ4v) is 6.41. The zero-order valence-electron chi connectivity index (χ0n) is 20.0. The quantitative estimate of drug-likeness (QED) is 0.421. The van der Waals surface area contributed by atoms with Gasteiger partial charge in [0.25, 0.3) is 0 Å². The van der Waals surface area contributed by atoms with E-state index < -0.39 is 17.8 Å². The Hall–Kier alpha value is -3.28. The maximum atomic E-state index is 13.4. The first-order valence-electron chi connectivity index (χ1n) is 12.0. The maximum Gasteiger partial charge on any atom is 0.233 e. The lowest BCUT2D eigenvalue weighted by atomic mass is 9.59. The van der Waals surface area contributed by atoms with Gasteiger partial charge in [0.05, 0.1) is 11.8 Å². The van der Waals surface area contributed by atoms with E-state index in [4.69, 9.17) is 0 Å². The summed E-state index contributed by atoms with van der Waals surface area (Å²) in [6.45, 7) is 7.63. The molecule has 1 aromatic carbocycles. The van der Waals surface area contributed by atoms with Crippen molar-refractivity contribution in [3.05, 3.63) is 63.3 Å². The van der Waals surface area contributed by atoms with Crippen LogP contribution in [-0.4, -0.2) is 39.9 Å². The van der Waals surface area contributed by atoms with Crippen LogP contribution in [0.4, 0.5) is 0 Å². The number of benzene rings is 1. The number of phenolic OH excluding ortho intramolecular Hbond substituents is 1. The molecule has 0 aromatic heterocycles. The SMILES string of the molecule is CCCN1C(=O)[C@H]2[C@H](CC=C3[C@H](c4cc(C)c(O)c(C)c4)C4=C(C[C@H]32)C(=O)C=C(C)C4=O)C1=O. The normalized spacial score (nSPS) is 28.5. The van der Waals surface area contributed by atoms with Crippen LogP contribution in [0.3, 0.4) is 0 Å². The number of fused-ring (bicyclic) bond motifs is 3. The van der Waals surface area contributed by atoms with Gasteiger partial charge in [-0.05, 0) is 68.7 Å². The summed E-state index contributed by atoms with van der Waals surface area (Å²) >= 11 is 0. The van der Waals surface area contributed by atoms with Crippen LogP contribution in [0.5, 0.6) is 5.75 Å². The topological polar surface area (TPSA) is 91.8 Å². The summed E-state index contributed by atoms with van der Waals surface area (Å²) in [5, 5.41) is 10.4. The summed E-state index contributed by atoms with van der Waals surface area (Å²) in [5.41, 5.74) is 4.51. The molecule has 1 saturated heterocycles. The number of nitrogens with zero attached hydrogens (tertiary/aromatic N) is 1. The smallest absolute Gasteiger partial charge is 0.233 e. The molecule has 5 rings (SSSR count). The number of aromatic hydroxyl groups is 1. The Morgan fingerprint density at radius 1 is 1.00 bits per heavy atom. The van der Waals surface area contributed by atoms with Gasteiger partial charge in [0.15, 0.2) is 11.6 Å². The number of rotatable bonds is 3. The summed E-state index contributed by atoms with van der Waals surface area (Å²) in [5.74, 6) is -2.11. The number of allylic oxidation sites excluding steroid dienone is 6. The minimum atomic E-state index is -0.509. The lowest BCUT2D eigenvalue weighted by molar-refractivity contribution is -0.140. The van der Waals surface area contributed by atoms with Gasteiger partial charge in [-0.1, -0.05) is 30.7 Å². The fraction of sp³-hybridized carbons (Fsp3) is 0.429. The van der Waals surface area contributed by atoms with Crippen molar-refractivity contribution in [2.75, 3.05) is 6.54 Å². The Kier molecular flexibility index (Phi) is 5.23. The van der Waals surface area contributed by atoms with Gasteiger partial charge in [-0.3, -0.25) is 24.1 Å². The van der Waals surface area contributed by atoms with Gasteiger partial charge in [0, 0.05) is 29.2 Å². The Morgan fingerprint density at radius 2 is 1.68 bits per heavy atom. The lowest BCUT2D eigenvalue weighted by Crippen LogP contribution is -2.39. The van der Waals surface area contributed by atoms with Crippen molar-refractivity contribution in [1.29, 1.82) is 0 Å². The van der Waals surface area contributed by atoms with E-state index in [9.17, 15) is 24.3 Å². The summed E-state index contributed by atoms with van der Waals surface area (Å²) < 4.78 is 0. The van der Waals surface area contributed by atoms with Crippen LogP contribution >= 0.6 is 0 Å². The lowest BCUT2D eigenvalue weighted by Gasteiger charge is -2.42. The van der Waals surface area contributed by atoms with Gasteiger partial charge in [0.2, 0.25) is 11.8 Å². The fourth-order valence-electron chi connectivity index (χ4n) is 6.41. The third-order valence-corrected chi connectivity index (χ3v) is 7.95. The number of hydrogen-bond acceptors (Lipinski definition) is 5. The maximum absolute atomic E-state index is 13.4. The van der Waals surface area contributed by atoms with Crippen molar-refractivity contribution in [2.45, 2.75) is 52.9 Å². The average molecular weight is 460 g/mol. The molecular formula is C28H29NO5. The summed E-state index contributed by atoms with van der Waals surface area (Å²) in [4.78, 5) is 54.4. The van der Waals surface area contributed by atoms with Gasteiger partial charge in [-0.25, -0.2) is 0 Å². The largest absolute Gasteiger partial charge is 0.507 e. The molecule has 6 nitrogen and oxygen atoms in total. The molecule has 1 fully saturated rings. The monoisotopic (exact) mass is 459 g/mol. The molecule has 4 aliphatic rings. The number of carbonyl (C=O) groups is 4. The molecule has 1 aliphatic heterocycles. The van der Waals surface area contributed by atoms with Crippen LogP contribution < -0.4 is 0 Å². The number of amides is 2. The van der Waals surface area contributed by atoms with Gasteiger partial charge in [-0.2, -0.15) is 0 Å². The zero-order valence-corrected chi connectivity index (χ0v) is 20.0. The highest BCUT2D eigenvalue weighted by Crippen LogP contribution is 2.55. The second-order valence-electron chi connectivity index (χ2n) is 10.1. The second-order valence-corrected chi connectivity index (χ2v) is 10.1. The number of phenols is 1.